The Bertz CT molecular complexity index is 1200. The molecular formula is C22H13Cl2N3O3. The molecule has 0 saturated carbocycles. The summed E-state index contributed by atoms with van der Waals surface area (Å²) in [6.07, 6.45) is 1.43. The third kappa shape index (κ3) is 4.56. The molecule has 3 aromatic carbocycles. The van der Waals surface area contributed by atoms with Crippen LogP contribution >= 0.6 is 23.2 Å². The number of carbonyl (C=O) groups is 1. The molecule has 0 bridgehead atoms. The van der Waals surface area contributed by atoms with Crippen LogP contribution in [0.5, 0.6) is 5.75 Å². The first kappa shape index (κ1) is 19.8. The number of carbonyl (C=O) groups excluding carboxylic acids is 1. The summed E-state index contributed by atoms with van der Waals surface area (Å²) >= 11 is 11.7. The van der Waals surface area contributed by atoms with E-state index in [4.69, 9.17) is 27.9 Å². The molecule has 1 N–H and O–H groups in total. The molecule has 30 heavy (non-hydrogen) atoms. The zero-order valence-corrected chi connectivity index (χ0v) is 16.8. The average molecular weight is 438 g/mol. The van der Waals surface area contributed by atoms with E-state index in [9.17, 15) is 9.90 Å². The van der Waals surface area contributed by atoms with Gasteiger partial charge in [-0.3, -0.25) is 0 Å². The van der Waals surface area contributed by atoms with E-state index in [1.165, 1.54) is 12.1 Å². The van der Waals surface area contributed by atoms with Gasteiger partial charge in [0.25, 0.3) is 0 Å². The number of ether oxygens (including phenoxy) is 1. The Hall–Kier alpha value is -3.48. The highest BCUT2D eigenvalue weighted by Gasteiger charge is 2.24. The molecule has 1 heterocycles. The third-order valence-electron chi connectivity index (χ3n) is 4.12. The molecule has 4 rings (SSSR count). The highest BCUT2D eigenvalue weighted by atomic mass is 35.5. The summed E-state index contributed by atoms with van der Waals surface area (Å²) in [5.74, 6) is -0.482. The van der Waals surface area contributed by atoms with Crippen molar-refractivity contribution in [2.24, 2.45) is 15.2 Å². The van der Waals surface area contributed by atoms with E-state index >= 15 is 0 Å². The van der Waals surface area contributed by atoms with Crippen LogP contribution in [0.2, 0.25) is 10.0 Å². The minimum absolute atomic E-state index is 0.0316. The number of hydrogen-bond acceptors (Lipinski definition) is 6. The van der Waals surface area contributed by atoms with Crippen molar-refractivity contribution >= 4 is 52.5 Å². The Morgan fingerprint density at radius 1 is 0.867 bits per heavy atom. The van der Waals surface area contributed by atoms with Crippen LogP contribution in [0.1, 0.15) is 11.1 Å². The standard InChI is InChI=1S/C22H13Cl2N3O3/c23-15-3-1-13(2-4-15)21-25-19(22(29)30-21)12-14-11-18(9-10-20(14)28)27-26-17-7-5-16(24)6-8-17/h1-12,28H/b19-12+,27-26?. The third-order valence-corrected chi connectivity index (χ3v) is 4.63. The van der Waals surface area contributed by atoms with Crippen molar-refractivity contribution in [2.75, 3.05) is 0 Å². The van der Waals surface area contributed by atoms with Crippen molar-refractivity contribution < 1.29 is 14.6 Å². The minimum Gasteiger partial charge on any atom is -0.507 e. The zero-order chi connectivity index (χ0) is 21.1. The van der Waals surface area contributed by atoms with Crippen LogP contribution in [0.4, 0.5) is 11.4 Å². The van der Waals surface area contributed by atoms with Crippen molar-refractivity contribution in [1.29, 1.82) is 0 Å². The molecule has 0 amide bonds. The van der Waals surface area contributed by atoms with E-state index in [1.807, 2.05) is 0 Å². The fourth-order valence-corrected chi connectivity index (χ4v) is 2.87. The highest BCUT2D eigenvalue weighted by molar-refractivity contribution is 6.31. The Morgan fingerprint density at radius 3 is 2.17 bits per heavy atom. The molecular weight excluding hydrogens is 425 g/mol. The van der Waals surface area contributed by atoms with Crippen LogP contribution in [0.25, 0.3) is 6.08 Å². The molecule has 0 fully saturated rings. The number of hydrogen-bond donors (Lipinski definition) is 1. The predicted molar refractivity (Wildman–Crippen MR) is 116 cm³/mol. The van der Waals surface area contributed by atoms with E-state index in [1.54, 1.807) is 60.7 Å². The van der Waals surface area contributed by atoms with Crippen LogP contribution in [0.15, 0.2) is 87.6 Å². The maximum atomic E-state index is 12.2. The van der Waals surface area contributed by atoms with Crippen molar-refractivity contribution in [1.82, 2.24) is 0 Å². The van der Waals surface area contributed by atoms with Gasteiger partial charge in [0.2, 0.25) is 5.90 Å². The molecule has 0 saturated heterocycles. The van der Waals surface area contributed by atoms with Gasteiger partial charge in [-0.05, 0) is 72.8 Å². The summed E-state index contributed by atoms with van der Waals surface area (Å²) in [7, 11) is 0. The summed E-state index contributed by atoms with van der Waals surface area (Å²) in [5, 5.41) is 19.6. The molecule has 0 radical (unpaired) electrons. The van der Waals surface area contributed by atoms with Crippen LogP contribution in [-0.4, -0.2) is 17.0 Å². The van der Waals surface area contributed by atoms with Gasteiger partial charge in [-0.2, -0.15) is 10.2 Å². The van der Waals surface area contributed by atoms with Gasteiger partial charge in [0, 0.05) is 21.2 Å². The number of phenols is 1. The smallest absolute Gasteiger partial charge is 0.363 e. The lowest BCUT2D eigenvalue weighted by Crippen LogP contribution is -2.05. The maximum Gasteiger partial charge on any atom is 0.363 e. The number of halogens is 2. The normalized spacial score (nSPS) is 14.9. The van der Waals surface area contributed by atoms with Crippen molar-refractivity contribution in [3.63, 3.8) is 0 Å². The zero-order valence-electron chi connectivity index (χ0n) is 15.3. The number of esters is 1. The lowest BCUT2D eigenvalue weighted by molar-refractivity contribution is -0.129. The Morgan fingerprint density at radius 2 is 1.47 bits per heavy atom. The Labute approximate surface area is 181 Å². The maximum absolute atomic E-state index is 12.2. The second-order valence-electron chi connectivity index (χ2n) is 6.26. The summed E-state index contributed by atoms with van der Waals surface area (Å²) in [6, 6.07) is 18.3. The van der Waals surface area contributed by atoms with E-state index in [0.717, 1.165) is 0 Å². The van der Waals surface area contributed by atoms with Gasteiger partial charge in [0.1, 0.15) is 5.75 Å². The molecule has 0 atom stereocenters. The summed E-state index contributed by atoms with van der Waals surface area (Å²) < 4.78 is 5.22. The molecule has 0 unspecified atom stereocenters. The number of rotatable bonds is 4. The number of aliphatic imine (C=N–C) groups is 1. The van der Waals surface area contributed by atoms with Gasteiger partial charge in [0.05, 0.1) is 11.4 Å². The lowest BCUT2D eigenvalue weighted by atomic mass is 10.1. The summed E-state index contributed by atoms with van der Waals surface area (Å²) in [4.78, 5) is 16.4. The molecule has 0 aromatic heterocycles. The first-order valence-electron chi connectivity index (χ1n) is 8.77. The van der Waals surface area contributed by atoms with Crippen molar-refractivity contribution in [3.05, 3.63) is 93.6 Å². The SMILES string of the molecule is O=C1OC(c2ccc(Cl)cc2)=N/C1=C/c1cc(N=Nc2ccc(Cl)cc2)ccc1O. The second-order valence-corrected chi connectivity index (χ2v) is 7.14. The number of phenolic OH excluding ortho intramolecular Hbond substituents is 1. The van der Waals surface area contributed by atoms with Crippen LogP contribution in [0, 0.1) is 0 Å². The van der Waals surface area contributed by atoms with Gasteiger partial charge < -0.3 is 9.84 Å². The topological polar surface area (TPSA) is 83.6 Å². The monoisotopic (exact) mass is 437 g/mol. The van der Waals surface area contributed by atoms with Crippen LogP contribution in [-0.2, 0) is 9.53 Å². The van der Waals surface area contributed by atoms with Gasteiger partial charge in [-0.15, -0.1) is 0 Å². The summed E-state index contributed by atoms with van der Waals surface area (Å²) in [6.45, 7) is 0. The second kappa shape index (κ2) is 8.49. The van der Waals surface area contributed by atoms with Crippen molar-refractivity contribution in [2.45, 2.75) is 0 Å². The average Bonchev–Trinajstić information content (AvgIpc) is 3.10. The minimum atomic E-state index is -0.618. The Kier molecular flexibility index (Phi) is 5.61. The van der Waals surface area contributed by atoms with E-state index in [0.29, 0.717) is 32.5 Å². The molecule has 1 aliphatic heterocycles. The van der Waals surface area contributed by atoms with E-state index < -0.39 is 5.97 Å². The lowest BCUT2D eigenvalue weighted by Gasteiger charge is -2.01. The molecule has 8 heteroatoms. The molecule has 3 aromatic rings. The first-order valence-corrected chi connectivity index (χ1v) is 9.52. The fraction of sp³-hybridized carbons (Fsp3) is 0. The van der Waals surface area contributed by atoms with Crippen LogP contribution in [0.3, 0.4) is 0 Å². The Balaban J connectivity index is 1.61. The number of cyclic esters (lactones) is 1. The number of nitrogens with zero attached hydrogens (tertiary/aromatic N) is 3. The molecule has 148 valence electrons. The number of azo groups is 1. The van der Waals surface area contributed by atoms with E-state index in [2.05, 4.69) is 15.2 Å². The molecule has 0 aliphatic carbocycles. The van der Waals surface area contributed by atoms with E-state index in [-0.39, 0.29) is 17.3 Å². The molecule has 0 spiro atoms. The fourth-order valence-electron chi connectivity index (χ4n) is 2.62. The largest absolute Gasteiger partial charge is 0.507 e. The van der Waals surface area contributed by atoms with Crippen molar-refractivity contribution in [3.8, 4) is 5.75 Å². The quantitative estimate of drug-likeness (QED) is 0.288. The molecule has 6 nitrogen and oxygen atoms in total. The molecule has 1 aliphatic rings. The van der Waals surface area contributed by atoms with Gasteiger partial charge in [-0.1, -0.05) is 23.2 Å². The van der Waals surface area contributed by atoms with Crippen LogP contribution < -0.4 is 0 Å². The number of aromatic hydroxyl groups is 1. The first-order chi connectivity index (χ1) is 14.5. The number of benzene rings is 3. The van der Waals surface area contributed by atoms with Gasteiger partial charge in [0.15, 0.2) is 5.70 Å². The van der Waals surface area contributed by atoms with Gasteiger partial charge >= 0.3 is 5.97 Å². The predicted octanol–water partition coefficient (Wildman–Crippen LogP) is 6.46. The highest BCUT2D eigenvalue weighted by Crippen LogP contribution is 2.29. The van der Waals surface area contributed by atoms with Gasteiger partial charge in [-0.25, -0.2) is 9.79 Å². The summed E-state index contributed by atoms with van der Waals surface area (Å²) in [5.41, 5.74) is 2.15.